The number of hydrogen-bond acceptors (Lipinski definition) is 4. The molecule has 0 aromatic carbocycles. The van der Waals surface area contributed by atoms with Gasteiger partial charge in [-0.1, -0.05) is 17.8 Å². The van der Waals surface area contributed by atoms with E-state index in [1.165, 1.54) is 0 Å². The number of amidine groups is 1. The van der Waals surface area contributed by atoms with Crippen molar-refractivity contribution in [1.82, 2.24) is 10.3 Å². The normalized spacial score (nSPS) is 20.4. The Morgan fingerprint density at radius 1 is 1.57 bits per heavy atom. The van der Waals surface area contributed by atoms with Crippen LogP contribution >= 0.6 is 11.8 Å². The average Bonchev–Trinajstić information content (AvgIpc) is 2.63. The molecule has 0 saturated heterocycles. The lowest BCUT2D eigenvalue weighted by molar-refractivity contribution is 0.728. The summed E-state index contributed by atoms with van der Waals surface area (Å²) in [5.41, 5.74) is 1.10. The first kappa shape index (κ1) is 9.52. The number of pyridine rings is 1. The fourth-order valence-corrected chi connectivity index (χ4v) is 2.14. The lowest BCUT2D eigenvalue weighted by atomic mass is 10.4. The molecule has 2 heterocycles. The van der Waals surface area contributed by atoms with Crippen LogP contribution in [0.5, 0.6) is 0 Å². The molecule has 1 aromatic rings. The Balaban J connectivity index is 1.84. The maximum Gasteiger partial charge on any atom is 0.157 e. The van der Waals surface area contributed by atoms with E-state index < -0.39 is 0 Å². The summed E-state index contributed by atoms with van der Waals surface area (Å²) in [5.74, 6) is 0.888. The van der Waals surface area contributed by atoms with Gasteiger partial charge < -0.3 is 5.32 Å². The van der Waals surface area contributed by atoms with E-state index >= 15 is 0 Å². The van der Waals surface area contributed by atoms with E-state index in [1.807, 2.05) is 24.4 Å². The quantitative estimate of drug-likeness (QED) is 0.801. The molecule has 0 aliphatic carbocycles. The third-order valence-electron chi connectivity index (χ3n) is 1.96. The van der Waals surface area contributed by atoms with Gasteiger partial charge in [0.2, 0.25) is 0 Å². The standard InChI is InChI=1S/C10H13N3S/c1-8-6-12-10(13-8)14-7-9-4-2-3-5-11-9/h2-5,8H,6-7H2,1H3,(H,12,13). The largest absolute Gasteiger partial charge is 0.361 e. The molecule has 1 atom stereocenters. The minimum absolute atomic E-state index is 0.487. The van der Waals surface area contributed by atoms with Crippen LogP contribution in [-0.2, 0) is 5.75 Å². The highest BCUT2D eigenvalue weighted by atomic mass is 32.2. The second-order valence-electron chi connectivity index (χ2n) is 3.30. The van der Waals surface area contributed by atoms with Gasteiger partial charge in [-0.25, -0.2) is 0 Å². The van der Waals surface area contributed by atoms with E-state index in [0.717, 1.165) is 23.2 Å². The van der Waals surface area contributed by atoms with Crippen LogP contribution in [0.25, 0.3) is 0 Å². The van der Waals surface area contributed by atoms with E-state index in [4.69, 9.17) is 0 Å². The van der Waals surface area contributed by atoms with E-state index in [2.05, 4.69) is 22.2 Å². The molecule has 0 radical (unpaired) electrons. The molecule has 0 amide bonds. The fraction of sp³-hybridized carbons (Fsp3) is 0.400. The summed E-state index contributed by atoms with van der Waals surface area (Å²) in [6.45, 7) is 3.03. The van der Waals surface area contributed by atoms with Crippen LogP contribution in [0.3, 0.4) is 0 Å². The average molecular weight is 207 g/mol. The lowest BCUT2D eigenvalue weighted by Crippen LogP contribution is -2.25. The van der Waals surface area contributed by atoms with Gasteiger partial charge >= 0.3 is 0 Å². The molecular weight excluding hydrogens is 194 g/mol. The van der Waals surface area contributed by atoms with Gasteiger partial charge in [-0.15, -0.1) is 0 Å². The summed E-state index contributed by atoms with van der Waals surface area (Å²) in [7, 11) is 0. The van der Waals surface area contributed by atoms with Gasteiger partial charge in [-0.2, -0.15) is 0 Å². The lowest BCUT2D eigenvalue weighted by Gasteiger charge is -2.04. The predicted octanol–water partition coefficient (Wildman–Crippen LogP) is 1.66. The predicted molar refractivity (Wildman–Crippen MR) is 60.4 cm³/mol. The second-order valence-corrected chi connectivity index (χ2v) is 4.27. The van der Waals surface area contributed by atoms with Crippen molar-refractivity contribution >= 4 is 16.9 Å². The number of nitrogens with zero attached hydrogens (tertiary/aromatic N) is 2. The number of hydrogen-bond donors (Lipinski definition) is 1. The summed E-state index contributed by atoms with van der Waals surface area (Å²) < 4.78 is 0. The zero-order valence-electron chi connectivity index (χ0n) is 8.10. The van der Waals surface area contributed by atoms with Crippen molar-refractivity contribution in [2.24, 2.45) is 4.99 Å². The molecule has 4 heteroatoms. The van der Waals surface area contributed by atoms with Crippen LogP contribution in [0.4, 0.5) is 0 Å². The first-order valence-electron chi connectivity index (χ1n) is 4.68. The summed E-state index contributed by atoms with van der Waals surface area (Å²) in [5, 5.41) is 4.35. The zero-order chi connectivity index (χ0) is 9.80. The molecule has 0 bridgehead atoms. The minimum Gasteiger partial charge on any atom is -0.361 e. The highest BCUT2D eigenvalue weighted by Gasteiger charge is 2.12. The zero-order valence-corrected chi connectivity index (χ0v) is 8.92. The number of thioether (sulfide) groups is 1. The van der Waals surface area contributed by atoms with Crippen molar-refractivity contribution in [2.75, 3.05) is 6.54 Å². The Bertz CT molecular complexity index is 323. The molecule has 3 nitrogen and oxygen atoms in total. The van der Waals surface area contributed by atoms with Crippen molar-refractivity contribution in [3.63, 3.8) is 0 Å². The van der Waals surface area contributed by atoms with Gasteiger partial charge in [-0.3, -0.25) is 9.98 Å². The van der Waals surface area contributed by atoms with Gasteiger partial charge in [-0.05, 0) is 19.1 Å². The third-order valence-corrected chi connectivity index (χ3v) is 2.92. The Labute approximate surface area is 88.0 Å². The Morgan fingerprint density at radius 3 is 3.14 bits per heavy atom. The van der Waals surface area contributed by atoms with Gasteiger partial charge in [0.1, 0.15) is 0 Å². The maximum absolute atomic E-state index is 4.37. The molecule has 2 rings (SSSR count). The van der Waals surface area contributed by atoms with Crippen molar-refractivity contribution in [2.45, 2.75) is 18.7 Å². The monoisotopic (exact) mass is 207 g/mol. The molecule has 0 fully saturated rings. The Morgan fingerprint density at radius 2 is 2.50 bits per heavy atom. The van der Waals surface area contributed by atoms with Crippen LogP contribution in [0.15, 0.2) is 29.4 Å². The van der Waals surface area contributed by atoms with Crippen molar-refractivity contribution in [1.29, 1.82) is 0 Å². The summed E-state index contributed by atoms with van der Waals surface area (Å²) in [6, 6.07) is 6.46. The molecular formula is C10H13N3S. The Hall–Kier alpha value is -1.03. The van der Waals surface area contributed by atoms with Crippen molar-refractivity contribution in [3.05, 3.63) is 30.1 Å². The van der Waals surface area contributed by atoms with Crippen LogP contribution in [-0.4, -0.2) is 22.7 Å². The topological polar surface area (TPSA) is 37.3 Å². The third kappa shape index (κ3) is 2.48. The highest BCUT2D eigenvalue weighted by molar-refractivity contribution is 8.13. The maximum atomic E-state index is 4.37. The molecule has 1 unspecified atom stereocenters. The number of aliphatic imine (C=N–C) groups is 1. The molecule has 1 aromatic heterocycles. The van der Waals surface area contributed by atoms with Gasteiger partial charge in [0.25, 0.3) is 0 Å². The van der Waals surface area contributed by atoms with E-state index in [1.54, 1.807) is 11.8 Å². The first-order chi connectivity index (χ1) is 6.84. The van der Waals surface area contributed by atoms with Crippen LogP contribution < -0.4 is 5.32 Å². The minimum atomic E-state index is 0.487. The number of aromatic nitrogens is 1. The fourth-order valence-electron chi connectivity index (χ4n) is 1.24. The van der Waals surface area contributed by atoms with Gasteiger partial charge in [0.05, 0.1) is 12.2 Å². The second kappa shape index (κ2) is 4.46. The van der Waals surface area contributed by atoms with E-state index in [-0.39, 0.29) is 0 Å². The number of rotatable bonds is 2. The molecule has 14 heavy (non-hydrogen) atoms. The summed E-state index contributed by atoms with van der Waals surface area (Å²) >= 11 is 1.72. The van der Waals surface area contributed by atoms with E-state index in [9.17, 15) is 0 Å². The molecule has 1 aliphatic rings. The van der Waals surface area contributed by atoms with Crippen LogP contribution in [0.2, 0.25) is 0 Å². The van der Waals surface area contributed by atoms with Crippen molar-refractivity contribution in [3.8, 4) is 0 Å². The summed E-state index contributed by atoms with van der Waals surface area (Å²) in [4.78, 5) is 8.63. The summed E-state index contributed by atoms with van der Waals surface area (Å²) in [6.07, 6.45) is 1.82. The van der Waals surface area contributed by atoms with Crippen LogP contribution in [0, 0.1) is 0 Å². The highest BCUT2D eigenvalue weighted by Crippen LogP contribution is 2.13. The van der Waals surface area contributed by atoms with Gasteiger partial charge in [0, 0.05) is 18.0 Å². The molecule has 74 valence electrons. The molecule has 0 saturated carbocycles. The Kier molecular flexibility index (Phi) is 3.03. The molecule has 1 aliphatic heterocycles. The smallest absolute Gasteiger partial charge is 0.157 e. The van der Waals surface area contributed by atoms with Gasteiger partial charge in [0.15, 0.2) is 5.17 Å². The van der Waals surface area contributed by atoms with Crippen LogP contribution in [0.1, 0.15) is 12.6 Å². The number of nitrogens with one attached hydrogen (secondary N) is 1. The molecule has 1 N–H and O–H groups in total. The SMILES string of the molecule is CC1CN=C(SCc2ccccn2)N1. The molecule has 0 spiro atoms. The first-order valence-corrected chi connectivity index (χ1v) is 5.67. The van der Waals surface area contributed by atoms with Crippen molar-refractivity contribution < 1.29 is 0 Å². The van der Waals surface area contributed by atoms with E-state index in [0.29, 0.717) is 6.04 Å².